The summed E-state index contributed by atoms with van der Waals surface area (Å²) in [5.41, 5.74) is 0.553. The fourth-order valence-corrected chi connectivity index (χ4v) is 2.63. The zero-order chi connectivity index (χ0) is 8.44. The molecule has 2 rings (SSSR count). The van der Waals surface area contributed by atoms with Gasteiger partial charge in [0.2, 0.25) is 0 Å². The van der Waals surface area contributed by atoms with Gasteiger partial charge in [-0.05, 0) is 24.7 Å². The first kappa shape index (κ1) is 8.31. The van der Waals surface area contributed by atoms with E-state index in [0.29, 0.717) is 11.5 Å². The lowest BCUT2D eigenvalue weighted by atomic mass is 9.73. The minimum absolute atomic E-state index is 0.350. The Hall–Kier alpha value is -0.300. The largest absolute Gasteiger partial charge is 0.374 e. The predicted octanol–water partition coefficient (Wildman–Crippen LogP) is 2.91. The van der Waals surface area contributed by atoms with Gasteiger partial charge >= 0.3 is 0 Å². The molecule has 1 heterocycles. The fraction of sp³-hybridized carbons (Fsp3) is 0.818. The van der Waals surface area contributed by atoms with E-state index in [2.05, 4.69) is 6.58 Å². The van der Waals surface area contributed by atoms with Crippen molar-refractivity contribution in [3.63, 3.8) is 0 Å². The minimum atomic E-state index is 0.350. The Morgan fingerprint density at radius 2 is 2.00 bits per heavy atom. The van der Waals surface area contributed by atoms with Gasteiger partial charge in [-0.2, -0.15) is 0 Å². The molecule has 1 saturated carbocycles. The first-order valence-corrected chi connectivity index (χ1v) is 5.09. The second kappa shape index (κ2) is 3.21. The van der Waals surface area contributed by atoms with Gasteiger partial charge < -0.3 is 4.74 Å². The van der Waals surface area contributed by atoms with E-state index in [1.54, 1.807) is 0 Å². The molecule has 0 aromatic heterocycles. The molecule has 12 heavy (non-hydrogen) atoms. The van der Waals surface area contributed by atoms with Gasteiger partial charge in [0.15, 0.2) is 0 Å². The summed E-state index contributed by atoms with van der Waals surface area (Å²) in [7, 11) is 0. The summed E-state index contributed by atoms with van der Waals surface area (Å²) in [5, 5.41) is 0. The molecule has 0 unspecified atom stereocenters. The van der Waals surface area contributed by atoms with E-state index < -0.39 is 0 Å². The van der Waals surface area contributed by atoms with Crippen molar-refractivity contribution in [3.05, 3.63) is 12.7 Å². The number of hydrogen-bond donors (Lipinski definition) is 0. The highest BCUT2D eigenvalue weighted by Gasteiger charge is 2.39. The average molecular weight is 166 g/mol. The summed E-state index contributed by atoms with van der Waals surface area (Å²) in [6.07, 6.45) is 10.6. The van der Waals surface area contributed by atoms with E-state index in [4.69, 9.17) is 4.74 Å². The summed E-state index contributed by atoms with van der Waals surface area (Å²) in [5.74, 6) is 0. The lowest BCUT2D eigenvalue weighted by molar-refractivity contribution is 0.103. The van der Waals surface area contributed by atoms with E-state index in [1.807, 2.05) is 6.08 Å². The quantitative estimate of drug-likeness (QED) is 0.544. The van der Waals surface area contributed by atoms with Crippen LogP contribution in [0.2, 0.25) is 0 Å². The fourth-order valence-electron chi connectivity index (χ4n) is 2.63. The van der Waals surface area contributed by atoms with Crippen LogP contribution in [0, 0.1) is 5.41 Å². The SMILES string of the molecule is C=C[C@H]1CC2(CCCCC2)CO1. The summed E-state index contributed by atoms with van der Waals surface area (Å²) in [4.78, 5) is 0. The molecule has 0 N–H and O–H groups in total. The van der Waals surface area contributed by atoms with Crippen molar-refractivity contribution >= 4 is 0 Å². The molecule has 1 atom stereocenters. The van der Waals surface area contributed by atoms with Gasteiger partial charge in [0, 0.05) is 0 Å². The van der Waals surface area contributed by atoms with Crippen LogP contribution in [0.5, 0.6) is 0 Å². The van der Waals surface area contributed by atoms with Crippen LogP contribution in [-0.2, 0) is 4.74 Å². The van der Waals surface area contributed by atoms with Crippen molar-refractivity contribution in [1.82, 2.24) is 0 Å². The first-order valence-electron chi connectivity index (χ1n) is 5.09. The minimum Gasteiger partial charge on any atom is -0.374 e. The van der Waals surface area contributed by atoms with Crippen molar-refractivity contribution in [2.75, 3.05) is 6.61 Å². The predicted molar refractivity (Wildman–Crippen MR) is 50.1 cm³/mol. The Morgan fingerprint density at radius 3 is 2.58 bits per heavy atom. The van der Waals surface area contributed by atoms with Crippen molar-refractivity contribution in [1.29, 1.82) is 0 Å². The lowest BCUT2D eigenvalue weighted by Crippen LogP contribution is -2.24. The Balaban J connectivity index is 1.98. The smallest absolute Gasteiger partial charge is 0.0759 e. The highest BCUT2D eigenvalue weighted by atomic mass is 16.5. The molecule has 1 aliphatic carbocycles. The average Bonchev–Trinajstić information content (AvgIpc) is 2.50. The van der Waals surface area contributed by atoms with Crippen molar-refractivity contribution < 1.29 is 4.74 Å². The molecule has 1 nitrogen and oxygen atoms in total. The normalized spacial score (nSPS) is 33.8. The van der Waals surface area contributed by atoms with E-state index in [-0.39, 0.29) is 0 Å². The van der Waals surface area contributed by atoms with Crippen molar-refractivity contribution in [3.8, 4) is 0 Å². The van der Waals surface area contributed by atoms with Gasteiger partial charge in [-0.25, -0.2) is 0 Å². The third-order valence-electron chi connectivity index (χ3n) is 3.41. The Bertz CT molecular complexity index is 168. The maximum Gasteiger partial charge on any atom is 0.0759 e. The monoisotopic (exact) mass is 166 g/mol. The van der Waals surface area contributed by atoms with Crippen molar-refractivity contribution in [2.45, 2.75) is 44.6 Å². The summed E-state index contributed by atoms with van der Waals surface area (Å²) in [6, 6.07) is 0. The number of hydrogen-bond acceptors (Lipinski definition) is 1. The standard InChI is InChI=1S/C11H18O/c1-2-10-8-11(9-12-10)6-4-3-5-7-11/h2,10H,1,3-9H2/t10-/m0/s1. The lowest BCUT2D eigenvalue weighted by Gasteiger charge is -2.31. The van der Waals surface area contributed by atoms with Crippen LogP contribution in [0.3, 0.4) is 0 Å². The van der Waals surface area contributed by atoms with E-state index in [1.165, 1.54) is 38.5 Å². The topological polar surface area (TPSA) is 9.23 Å². The van der Waals surface area contributed by atoms with Gasteiger partial charge in [0.05, 0.1) is 12.7 Å². The van der Waals surface area contributed by atoms with Gasteiger partial charge in [-0.3, -0.25) is 0 Å². The maximum atomic E-state index is 5.68. The second-order valence-corrected chi connectivity index (χ2v) is 4.35. The van der Waals surface area contributed by atoms with Crippen molar-refractivity contribution in [2.24, 2.45) is 5.41 Å². The maximum absolute atomic E-state index is 5.68. The summed E-state index contributed by atoms with van der Waals surface area (Å²) < 4.78 is 5.68. The van der Waals surface area contributed by atoms with Gasteiger partial charge in [-0.15, -0.1) is 6.58 Å². The molecule has 1 heteroatoms. The summed E-state index contributed by atoms with van der Waals surface area (Å²) in [6.45, 7) is 4.79. The molecule has 0 radical (unpaired) electrons. The van der Waals surface area contributed by atoms with Crippen LogP contribution in [0.4, 0.5) is 0 Å². The van der Waals surface area contributed by atoms with Crippen LogP contribution in [0.1, 0.15) is 38.5 Å². The van der Waals surface area contributed by atoms with E-state index >= 15 is 0 Å². The molecule has 2 fully saturated rings. The van der Waals surface area contributed by atoms with Gasteiger partial charge in [0.25, 0.3) is 0 Å². The molecule has 2 aliphatic rings. The van der Waals surface area contributed by atoms with Crippen LogP contribution >= 0.6 is 0 Å². The molecular formula is C11H18O. The molecular weight excluding hydrogens is 148 g/mol. The molecule has 1 aliphatic heterocycles. The van der Waals surface area contributed by atoms with Crippen LogP contribution in [0.15, 0.2) is 12.7 Å². The van der Waals surface area contributed by atoms with Gasteiger partial charge in [0.1, 0.15) is 0 Å². The molecule has 0 bridgehead atoms. The Labute approximate surface area is 74.8 Å². The Kier molecular flexibility index (Phi) is 2.22. The van der Waals surface area contributed by atoms with Crippen LogP contribution in [-0.4, -0.2) is 12.7 Å². The third kappa shape index (κ3) is 1.42. The molecule has 0 aromatic rings. The molecule has 68 valence electrons. The van der Waals surface area contributed by atoms with Gasteiger partial charge in [-0.1, -0.05) is 25.3 Å². The van der Waals surface area contributed by atoms with Crippen LogP contribution in [0.25, 0.3) is 0 Å². The molecule has 0 aromatic carbocycles. The van der Waals surface area contributed by atoms with Crippen LogP contribution < -0.4 is 0 Å². The van der Waals surface area contributed by atoms with E-state index in [9.17, 15) is 0 Å². The highest BCUT2D eigenvalue weighted by molar-refractivity contribution is 4.95. The molecule has 0 amide bonds. The number of ether oxygens (including phenoxy) is 1. The highest BCUT2D eigenvalue weighted by Crippen LogP contribution is 2.45. The first-order chi connectivity index (χ1) is 5.85. The number of rotatable bonds is 1. The second-order valence-electron chi connectivity index (χ2n) is 4.35. The van der Waals surface area contributed by atoms with E-state index in [0.717, 1.165) is 6.61 Å². The zero-order valence-electron chi connectivity index (χ0n) is 7.72. The zero-order valence-corrected chi connectivity index (χ0v) is 7.72. The molecule has 1 saturated heterocycles. The Morgan fingerprint density at radius 1 is 1.25 bits per heavy atom. The summed E-state index contributed by atoms with van der Waals surface area (Å²) >= 11 is 0. The molecule has 1 spiro atoms. The third-order valence-corrected chi connectivity index (χ3v) is 3.41.